The summed E-state index contributed by atoms with van der Waals surface area (Å²) in [5, 5.41) is 0. The molecule has 24 heavy (non-hydrogen) atoms. The van der Waals surface area contributed by atoms with Crippen molar-refractivity contribution >= 4 is 11.6 Å². The van der Waals surface area contributed by atoms with Crippen molar-refractivity contribution in [3.8, 4) is 0 Å². The predicted molar refractivity (Wildman–Crippen MR) is 86.3 cm³/mol. The van der Waals surface area contributed by atoms with Crippen molar-refractivity contribution in [3.05, 3.63) is 23.3 Å². The van der Waals surface area contributed by atoms with Crippen molar-refractivity contribution in [3.63, 3.8) is 0 Å². The summed E-state index contributed by atoms with van der Waals surface area (Å²) < 4.78 is 27.8. The van der Waals surface area contributed by atoms with Crippen LogP contribution in [0.4, 0.5) is 8.78 Å². The molecular formula is C20H24F2O2. The molecule has 0 aliphatic heterocycles. The van der Waals surface area contributed by atoms with E-state index >= 15 is 0 Å². The van der Waals surface area contributed by atoms with Crippen LogP contribution in [0, 0.1) is 29.1 Å². The standard InChI is InChI=1S/C20H24F2O2/c1-2-20-10-15(19(21)22)18-13-6-4-12(23)9-11(13)3-5-14(18)16(20)7-8-17(20)24/h3,13-14,16,18H,2,4-10H2,1H3/t13-,14-,16-,18+,20-/m0/s1. The molecule has 2 nitrogen and oxygen atoms in total. The third-order valence-electron chi connectivity index (χ3n) is 7.40. The molecule has 130 valence electrons. The lowest BCUT2D eigenvalue weighted by Crippen LogP contribution is -2.48. The number of rotatable bonds is 1. The number of hydrogen-bond donors (Lipinski definition) is 0. The average molecular weight is 334 g/mol. The fourth-order valence-corrected chi connectivity index (χ4v) is 6.34. The minimum absolute atomic E-state index is 0.0866. The maximum absolute atomic E-state index is 13.9. The summed E-state index contributed by atoms with van der Waals surface area (Å²) in [4.78, 5) is 24.4. The Bertz CT molecular complexity index is 659. The van der Waals surface area contributed by atoms with Gasteiger partial charge in [-0.1, -0.05) is 18.6 Å². The zero-order chi connectivity index (χ0) is 17.1. The number of Topliss-reactive ketones (excluding diaryl/α,β-unsaturated/α-hetero) is 2. The normalized spacial score (nSPS) is 41.5. The van der Waals surface area contributed by atoms with Crippen LogP contribution >= 0.6 is 0 Å². The first-order valence-corrected chi connectivity index (χ1v) is 9.26. The van der Waals surface area contributed by atoms with Crippen LogP contribution in [0.25, 0.3) is 0 Å². The van der Waals surface area contributed by atoms with Crippen LogP contribution in [-0.2, 0) is 9.59 Å². The molecule has 0 amide bonds. The molecule has 4 heteroatoms. The third kappa shape index (κ3) is 2.11. The van der Waals surface area contributed by atoms with Crippen LogP contribution in [0.3, 0.4) is 0 Å². The van der Waals surface area contributed by atoms with Crippen LogP contribution in [0.5, 0.6) is 0 Å². The lowest BCUT2D eigenvalue weighted by molar-refractivity contribution is -0.130. The van der Waals surface area contributed by atoms with Gasteiger partial charge in [-0.05, 0) is 55.8 Å². The van der Waals surface area contributed by atoms with Crippen molar-refractivity contribution in [1.29, 1.82) is 0 Å². The monoisotopic (exact) mass is 334 g/mol. The molecule has 0 radical (unpaired) electrons. The van der Waals surface area contributed by atoms with Gasteiger partial charge in [-0.3, -0.25) is 9.59 Å². The summed E-state index contributed by atoms with van der Waals surface area (Å²) in [7, 11) is 0. The SMILES string of the molecule is CC[C@]12CC(=C(F)F)[C@H]3[C@@H](CC=C4CC(=O)CC[C@@H]43)[C@@H]1CCC2=O. The summed E-state index contributed by atoms with van der Waals surface area (Å²) in [6.07, 6.45) is 5.27. The largest absolute Gasteiger partial charge is 0.299 e. The molecule has 0 spiro atoms. The Labute approximate surface area is 141 Å². The van der Waals surface area contributed by atoms with Crippen LogP contribution < -0.4 is 0 Å². The molecule has 0 saturated heterocycles. The second-order valence-corrected chi connectivity index (χ2v) is 8.11. The van der Waals surface area contributed by atoms with Gasteiger partial charge in [0.05, 0.1) is 0 Å². The number of fused-ring (bicyclic) bond motifs is 5. The summed E-state index contributed by atoms with van der Waals surface area (Å²) in [6.45, 7) is 1.98. The van der Waals surface area contributed by atoms with Crippen LogP contribution in [0.1, 0.15) is 58.3 Å². The molecule has 0 aromatic carbocycles. The van der Waals surface area contributed by atoms with Gasteiger partial charge in [-0.15, -0.1) is 0 Å². The second kappa shape index (κ2) is 5.60. The summed E-state index contributed by atoms with van der Waals surface area (Å²) >= 11 is 0. The fraction of sp³-hybridized carbons (Fsp3) is 0.700. The summed E-state index contributed by atoms with van der Waals surface area (Å²) in [6, 6.07) is 0. The quantitative estimate of drug-likeness (QED) is 0.643. The molecular weight excluding hydrogens is 310 g/mol. The van der Waals surface area contributed by atoms with E-state index in [0.717, 1.165) is 18.4 Å². The second-order valence-electron chi connectivity index (χ2n) is 8.11. The van der Waals surface area contributed by atoms with Gasteiger partial charge in [0.2, 0.25) is 0 Å². The molecule has 0 heterocycles. The van der Waals surface area contributed by atoms with E-state index in [4.69, 9.17) is 0 Å². The third-order valence-corrected chi connectivity index (χ3v) is 7.40. The molecule has 4 rings (SSSR count). The van der Waals surface area contributed by atoms with Crippen molar-refractivity contribution in [2.45, 2.75) is 58.3 Å². The van der Waals surface area contributed by atoms with Crippen LogP contribution in [-0.4, -0.2) is 11.6 Å². The molecule has 0 aromatic rings. The number of halogens is 2. The van der Waals surface area contributed by atoms with E-state index < -0.39 is 11.5 Å². The highest BCUT2D eigenvalue weighted by Crippen LogP contribution is 2.63. The van der Waals surface area contributed by atoms with Crippen molar-refractivity contribution in [2.24, 2.45) is 29.1 Å². The minimum Gasteiger partial charge on any atom is -0.299 e. The highest BCUT2D eigenvalue weighted by atomic mass is 19.3. The molecule has 0 bridgehead atoms. The lowest BCUT2D eigenvalue weighted by atomic mass is 9.50. The Morgan fingerprint density at radius 3 is 2.75 bits per heavy atom. The van der Waals surface area contributed by atoms with Crippen LogP contribution in [0.2, 0.25) is 0 Å². The van der Waals surface area contributed by atoms with E-state index in [0.29, 0.717) is 32.1 Å². The van der Waals surface area contributed by atoms with Crippen molar-refractivity contribution in [1.82, 2.24) is 0 Å². The summed E-state index contributed by atoms with van der Waals surface area (Å²) in [5.41, 5.74) is 0.758. The van der Waals surface area contributed by atoms with Gasteiger partial charge < -0.3 is 0 Å². The molecule has 0 aromatic heterocycles. The maximum Gasteiger partial charge on any atom is 0.269 e. The van der Waals surface area contributed by atoms with Crippen molar-refractivity contribution in [2.75, 3.05) is 0 Å². The van der Waals surface area contributed by atoms with Gasteiger partial charge in [0, 0.05) is 30.3 Å². The molecule has 3 fully saturated rings. The van der Waals surface area contributed by atoms with Gasteiger partial charge >= 0.3 is 0 Å². The van der Waals surface area contributed by atoms with E-state index in [1.165, 1.54) is 0 Å². The Balaban J connectivity index is 1.80. The zero-order valence-corrected chi connectivity index (χ0v) is 14.1. The van der Waals surface area contributed by atoms with E-state index in [-0.39, 0.29) is 47.2 Å². The zero-order valence-electron chi connectivity index (χ0n) is 14.1. The molecule has 0 unspecified atom stereocenters. The Morgan fingerprint density at radius 1 is 1.25 bits per heavy atom. The number of allylic oxidation sites excluding steroid dienone is 3. The highest BCUT2D eigenvalue weighted by molar-refractivity contribution is 5.88. The van der Waals surface area contributed by atoms with E-state index in [2.05, 4.69) is 6.08 Å². The highest BCUT2D eigenvalue weighted by Gasteiger charge is 2.59. The van der Waals surface area contributed by atoms with E-state index in [9.17, 15) is 18.4 Å². The molecule has 5 atom stereocenters. The molecule has 0 N–H and O–H groups in total. The molecule has 4 aliphatic carbocycles. The first kappa shape index (κ1) is 16.2. The maximum atomic E-state index is 13.9. The minimum atomic E-state index is -1.57. The topological polar surface area (TPSA) is 34.1 Å². The number of ketones is 2. The summed E-state index contributed by atoms with van der Waals surface area (Å²) in [5.74, 6) is 0.738. The van der Waals surface area contributed by atoms with Gasteiger partial charge in [0.25, 0.3) is 6.08 Å². The van der Waals surface area contributed by atoms with Gasteiger partial charge in [0.15, 0.2) is 0 Å². The Kier molecular flexibility index (Phi) is 3.77. The first-order chi connectivity index (χ1) is 11.5. The van der Waals surface area contributed by atoms with Crippen molar-refractivity contribution < 1.29 is 18.4 Å². The average Bonchev–Trinajstić information content (AvgIpc) is 2.90. The number of hydrogen-bond acceptors (Lipinski definition) is 2. The van der Waals surface area contributed by atoms with E-state index in [1.807, 2.05) is 6.92 Å². The Morgan fingerprint density at radius 2 is 2.04 bits per heavy atom. The first-order valence-electron chi connectivity index (χ1n) is 9.26. The molecule has 3 saturated carbocycles. The number of carbonyl (C=O) groups is 2. The fourth-order valence-electron chi connectivity index (χ4n) is 6.34. The van der Waals surface area contributed by atoms with E-state index in [1.54, 1.807) is 0 Å². The lowest BCUT2D eigenvalue weighted by Gasteiger charge is -2.52. The smallest absolute Gasteiger partial charge is 0.269 e. The molecule has 4 aliphatic rings. The van der Waals surface area contributed by atoms with Gasteiger partial charge in [0.1, 0.15) is 11.6 Å². The van der Waals surface area contributed by atoms with Gasteiger partial charge in [-0.2, -0.15) is 8.78 Å². The Hall–Kier alpha value is -1.32. The van der Waals surface area contributed by atoms with Crippen LogP contribution in [0.15, 0.2) is 23.3 Å². The predicted octanol–water partition coefficient (Wildman–Crippen LogP) is 4.85. The van der Waals surface area contributed by atoms with Gasteiger partial charge in [-0.25, -0.2) is 0 Å². The number of carbonyl (C=O) groups excluding carboxylic acids is 2.